The first-order chi connectivity index (χ1) is 9.27. The van der Waals surface area contributed by atoms with Crippen LogP contribution >= 0.6 is 0 Å². The molecule has 5 heteroatoms. The molecule has 0 saturated heterocycles. The number of oxazole rings is 1. The first-order valence-corrected chi connectivity index (χ1v) is 6.32. The average molecular weight is 255 g/mol. The van der Waals surface area contributed by atoms with Crippen LogP contribution in [0.5, 0.6) is 0 Å². The maximum atomic E-state index is 12.0. The molecular formula is C14H13N3O2. The number of carbonyl (C=O) groups excluding carboxylic acids is 1. The summed E-state index contributed by atoms with van der Waals surface area (Å²) in [5, 5.41) is 6.34. The Labute approximate surface area is 110 Å². The summed E-state index contributed by atoms with van der Waals surface area (Å²) in [6.07, 6.45) is 4.32. The van der Waals surface area contributed by atoms with Crippen molar-refractivity contribution in [3.63, 3.8) is 0 Å². The van der Waals surface area contributed by atoms with Crippen LogP contribution in [0.25, 0.3) is 0 Å². The maximum Gasteiger partial charge on any atom is 0.225 e. The zero-order valence-electron chi connectivity index (χ0n) is 10.3. The van der Waals surface area contributed by atoms with E-state index in [9.17, 15) is 4.79 Å². The maximum absolute atomic E-state index is 12.0. The highest BCUT2D eigenvalue weighted by Gasteiger charge is 2.46. The minimum atomic E-state index is -0.237. The quantitative estimate of drug-likeness (QED) is 0.860. The highest BCUT2D eigenvalue weighted by atomic mass is 16.3. The van der Waals surface area contributed by atoms with Gasteiger partial charge in [0, 0.05) is 41.7 Å². The van der Waals surface area contributed by atoms with Crippen LogP contribution < -0.4 is 10.6 Å². The summed E-state index contributed by atoms with van der Waals surface area (Å²) in [6.45, 7) is 0.745. The molecule has 1 atom stereocenters. The molecule has 2 aliphatic rings. The number of nitrogens with one attached hydrogen (secondary N) is 2. The summed E-state index contributed by atoms with van der Waals surface area (Å²) >= 11 is 0. The highest BCUT2D eigenvalue weighted by Crippen LogP contribution is 2.48. The lowest BCUT2D eigenvalue weighted by Crippen LogP contribution is -2.40. The number of hydrogen-bond acceptors (Lipinski definition) is 4. The second-order valence-electron chi connectivity index (χ2n) is 5.19. The van der Waals surface area contributed by atoms with E-state index < -0.39 is 0 Å². The fourth-order valence-electron chi connectivity index (χ4n) is 3.22. The molecule has 3 heterocycles. The van der Waals surface area contributed by atoms with E-state index in [1.165, 1.54) is 5.56 Å². The van der Waals surface area contributed by atoms with Crippen molar-refractivity contribution >= 4 is 17.3 Å². The molecule has 2 N–H and O–H groups in total. The number of carbonyl (C=O) groups is 1. The van der Waals surface area contributed by atoms with Gasteiger partial charge in [0.25, 0.3) is 0 Å². The van der Waals surface area contributed by atoms with Gasteiger partial charge in [-0.3, -0.25) is 4.79 Å². The Balaban J connectivity index is 1.86. The van der Waals surface area contributed by atoms with Gasteiger partial charge in [-0.1, -0.05) is 6.07 Å². The van der Waals surface area contributed by atoms with Gasteiger partial charge in [-0.15, -0.1) is 0 Å². The van der Waals surface area contributed by atoms with E-state index in [-0.39, 0.29) is 11.3 Å². The Morgan fingerprint density at radius 2 is 2.26 bits per heavy atom. The van der Waals surface area contributed by atoms with Crippen LogP contribution in [0.4, 0.5) is 11.4 Å². The summed E-state index contributed by atoms with van der Waals surface area (Å²) in [6, 6.07) is 5.95. The van der Waals surface area contributed by atoms with Gasteiger partial charge in [0.2, 0.25) is 5.91 Å². The number of aromatic nitrogens is 1. The molecule has 0 radical (unpaired) electrons. The predicted molar refractivity (Wildman–Crippen MR) is 70.1 cm³/mol. The Hall–Kier alpha value is -2.30. The SMILES string of the molecule is O=C1CC2(Cc3ncco3)CNc3cccc(c32)N1. The second kappa shape index (κ2) is 3.60. The third-order valence-corrected chi connectivity index (χ3v) is 3.96. The fraction of sp³-hybridized carbons (Fsp3) is 0.286. The Kier molecular flexibility index (Phi) is 2.01. The molecule has 1 aromatic carbocycles. The molecule has 2 aliphatic heterocycles. The van der Waals surface area contributed by atoms with E-state index >= 15 is 0 Å². The lowest BCUT2D eigenvalue weighted by molar-refractivity contribution is -0.117. The third kappa shape index (κ3) is 1.47. The van der Waals surface area contributed by atoms with Crippen molar-refractivity contribution in [2.45, 2.75) is 18.3 Å². The van der Waals surface area contributed by atoms with Crippen molar-refractivity contribution in [1.82, 2.24) is 4.98 Å². The predicted octanol–water partition coefficient (Wildman–Crippen LogP) is 1.92. The van der Waals surface area contributed by atoms with E-state index in [1.54, 1.807) is 12.5 Å². The summed E-state index contributed by atoms with van der Waals surface area (Å²) in [7, 11) is 0. The molecule has 4 rings (SSSR count). The van der Waals surface area contributed by atoms with Gasteiger partial charge < -0.3 is 15.1 Å². The fourth-order valence-corrected chi connectivity index (χ4v) is 3.22. The smallest absolute Gasteiger partial charge is 0.225 e. The number of amides is 1. The Bertz CT molecular complexity index is 651. The van der Waals surface area contributed by atoms with Crippen molar-refractivity contribution in [3.05, 3.63) is 42.1 Å². The summed E-state index contributed by atoms with van der Waals surface area (Å²) in [5.41, 5.74) is 2.96. The second-order valence-corrected chi connectivity index (χ2v) is 5.19. The largest absolute Gasteiger partial charge is 0.449 e. The third-order valence-electron chi connectivity index (χ3n) is 3.96. The molecule has 1 unspecified atom stereocenters. The van der Waals surface area contributed by atoms with E-state index in [2.05, 4.69) is 15.6 Å². The van der Waals surface area contributed by atoms with Crippen LogP contribution in [0.1, 0.15) is 17.9 Å². The van der Waals surface area contributed by atoms with E-state index in [4.69, 9.17) is 4.42 Å². The van der Waals surface area contributed by atoms with Crippen molar-refractivity contribution in [1.29, 1.82) is 0 Å². The van der Waals surface area contributed by atoms with Crippen LogP contribution in [0.2, 0.25) is 0 Å². The monoisotopic (exact) mass is 255 g/mol. The molecule has 1 amide bonds. The minimum absolute atomic E-state index is 0.0555. The molecule has 2 aromatic rings. The number of rotatable bonds is 2. The van der Waals surface area contributed by atoms with Crippen molar-refractivity contribution in [3.8, 4) is 0 Å². The van der Waals surface area contributed by atoms with Gasteiger partial charge >= 0.3 is 0 Å². The molecule has 5 nitrogen and oxygen atoms in total. The summed E-state index contributed by atoms with van der Waals surface area (Å²) in [5.74, 6) is 0.735. The summed E-state index contributed by atoms with van der Waals surface area (Å²) < 4.78 is 5.37. The van der Waals surface area contributed by atoms with E-state index in [0.717, 1.165) is 17.9 Å². The van der Waals surface area contributed by atoms with Crippen LogP contribution in [0, 0.1) is 0 Å². The molecule has 0 bridgehead atoms. The molecule has 96 valence electrons. The minimum Gasteiger partial charge on any atom is -0.449 e. The van der Waals surface area contributed by atoms with Crippen molar-refractivity contribution in [2.24, 2.45) is 0 Å². The summed E-state index contributed by atoms with van der Waals surface area (Å²) in [4.78, 5) is 16.2. The molecular weight excluding hydrogens is 242 g/mol. The first kappa shape index (κ1) is 10.6. The lowest BCUT2D eigenvalue weighted by Gasteiger charge is -2.33. The number of anilines is 2. The van der Waals surface area contributed by atoms with Crippen molar-refractivity contribution in [2.75, 3.05) is 17.2 Å². The molecule has 0 saturated carbocycles. The topological polar surface area (TPSA) is 67.2 Å². The number of hydrogen-bond donors (Lipinski definition) is 2. The lowest BCUT2D eigenvalue weighted by atomic mass is 9.73. The Morgan fingerprint density at radius 1 is 1.37 bits per heavy atom. The Morgan fingerprint density at radius 3 is 3.11 bits per heavy atom. The zero-order chi connectivity index (χ0) is 12.9. The van der Waals surface area contributed by atoms with Gasteiger partial charge in [-0.2, -0.15) is 0 Å². The van der Waals surface area contributed by atoms with Crippen LogP contribution in [0.15, 0.2) is 35.1 Å². The van der Waals surface area contributed by atoms with Gasteiger partial charge in [-0.05, 0) is 12.1 Å². The highest BCUT2D eigenvalue weighted by molar-refractivity contribution is 5.98. The van der Waals surface area contributed by atoms with Gasteiger partial charge in [0.05, 0.1) is 6.20 Å². The normalized spacial score (nSPS) is 23.7. The van der Waals surface area contributed by atoms with Gasteiger partial charge in [0.1, 0.15) is 6.26 Å². The van der Waals surface area contributed by atoms with Crippen LogP contribution in [-0.4, -0.2) is 17.4 Å². The van der Waals surface area contributed by atoms with Crippen LogP contribution in [-0.2, 0) is 16.6 Å². The molecule has 1 aromatic heterocycles. The average Bonchev–Trinajstić information content (AvgIpc) is 2.99. The molecule has 0 fully saturated rings. The van der Waals surface area contributed by atoms with E-state index in [1.807, 2.05) is 18.2 Å². The standard InChI is InChI=1S/C14H13N3O2/c18-11-6-14(7-12-15-4-5-19-12)8-16-9-2-1-3-10(17-11)13(9)14/h1-5,16H,6-8H2,(H,17,18). The van der Waals surface area contributed by atoms with Crippen LogP contribution in [0.3, 0.4) is 0 Å². The zero-order valence-corrected chi connectivity index (χ0v) is 10.3. The number of benzene rings is 1. The molecule has 19 heavy (non-hydrogen) atoms. The molecule has 0 spiro atoms. The van der Waals surface area contributed by atoms with Crippen molar-refractivity contribution < 1.29 is 9.21 Å². The molecule has 0 aliphatic carbocycles. The van der Waals surface area contributed by atoms with Gasteiger partial charge in [-0.25, -0.2) is 4.98 Å². The number of nitrogens with zero attached hydrogens (tertiary/aromatic N) is 1. The first-order valence-electron chi connectivity index (χ1n) is 6.32. The van der Waals surface area contributed by atoms with Gasteiger partial charge in [0.15, 0.2) is 5.89 Å². The van der Waals surface area contributed by atoms with E-state index in [0.29, 0.717) is 18.7 Å².